The number of halogens is 3. The number of thioether (sulfide) groups is 1. The molecule has 266 valence electrons. The summed E-state index contributed by atoms with van der Waals surface area (Å²) in [5, 5.41) is 11.2. The first-order valence-electron chi connectivity index (χ1n) is 14.1. The van der Waals surface area contributed by atoms with Gasteiger partial charge in [-0.15, -0.1) is 39.8 Å². The van der Waals surface area contributed by atoms with Crippen LogP contribution in [0.25, 0.3) is 0 Å². The molecule has 18 heteroatoms. The van der Waals surface area contributed by atoms with Crippen molar-refractivity contribution in [2.75, 3.05) is 57.7 Å². The van der Waals surface area contributed by atoms with E-state index >= 15 is 0 Å². The molecule has 1 rings (SSSR count). The molecular weight excluding hydrogens is 649 g/mol. The van der Waals surface area contributed by atoms with Gasteiger partial charge in [-0.05, 0) is 56.1 Å². The molecule has 2 atom stereocenters. The van der Waals surface area contributed by atoms with E-state index in [0.717, 1.165) is 27.8 Å². The lowest BCUT2D eigenvalue weighted by Crippen LogP contribution is -2.51. The minimum Gasteiger partial charge on any atom is -0.478 e. The van der Waals surface area contributed by atoms with Crippen molar-refractivity contribution in [1.29, 1.82) is 0 Å². The number of alkyl halides is 3. The number of nitrogens with one attached hydrogen (secondary N) is 2. The van der Waals surface area contributed by atoms with Crippen LogP contribution in [0.1, 0.15) is 41.0 Å². The summed E-state index contributed by atoms with van der Waals surface area (Å²) in [6.45, 7) is 11.8. The van der Waals surface area contributed by atoms with Gasteiger partial charge in [-0.25, -0.2) is 9.68 Å². The van der Waals surface area contributed by atoms with Crippen molar-refractivity contribution in [3.63, 3.8) is 0 Å². The highest BCUT2D eigenvalue weighted by molar-refractivity contribution is 8.17. The summed E-state index contributed by atoms with van der Waals surface area (Å²) < 4.78 is 48.0. The van der Waals surface area contributed by atoms with Gasteiger partial charge in [-0.1, -0.05) is 6.92 Å². The molecule has 0 aliphatic carbocycles. The molecular formula is C28H51F3N8O5S2. The Bertz CT molecular complexity index is 1060. The Labute approximate surface area is 277 Å². The second-order valence-corrected chi connectivity index (χ2v) is 13.1. The molecule has 0 aromatic rings. The molecule has 46 heavy (non-hydrogen) atoms. The number of urea groups is 1. The van der Waals surface area contributed by atoms with Crippen LogP contribution >= 0.6 is 22.2 Å². The largest absolute Gasteiger partial charge is 0.478 e. The normalized spacial score (nSPS) is 17.6. The molecule has 1 fully saturated rings. The minimum atomic E-state index is -4.53. The first kappa shape index (κ1) is 45.2. The van der Waals surface area contributed by atoms with E-state index in [1.807, 2.05) is 34.0 Å². The molecule has 0 radical (unpaired) electrons. The molecule has 1 aliphatic rings. The molecule has 13 nitrogen and oxygen atoms in total. The third kappa shape index (κ3) is 21.7. The Morgan fingerprint density at radius 1 is 1.24 bits per heavy atom. The van der Waals surface area contributed by atoms with E-state index in [4.69, 9.17) is 36.7 Å². The summed E-state index contributed by atoms with van der Waals surface area (Å²) in [6.07, 6.45) is 9.47. The predicted molar refractivity (Wildman–Crippen MR) is 184 cm³/mol. The highest BCUT2D eigenvalue weighted by atomic mass is 32.2. The van der Waals surface area contributed by atoms with Gasteiger partial charge in [0.1, 0.15) is 17.6 Å². The average Bonchev–Trinajstić information content (AvgIpc) is 3.00. The highest BCUT2D eigenvalue weighted by Crippen LogP contribution is 2.24. The van der Waals surface area contributed by atoms with Crippen LogP contribution in [-0.2, 0) is 19.3 Å². The first-order valence-corrected chi connectivity index (χ1v) is 16.9. The SMILES string of the molecule is C#C.CCNC(=O)N/C(N)=C/C(CS/C=C(\N)C(F)(F)F)=S(\C)CC.CN=CCCO/C(=N\N)C1COCCN1OOC(C)(C)C. The van der Waals surface area contributed by atoms with Crippen LogP contribution in [0, 0.1) is 12.8 Å². The maximum absolute atomic E-state index is 12.3. The zero-order valence-electron chi connectivity index (χ0n) is 27.7. The molecule has 1 aliphatic heterocycles. The third-order valence-electron chi connectivity index (χ3n) is 5.11. The van der Waals surface area contributed by atoms with Crippen LogP contribution in [0.4, 0.5) is 18.0 Å². The number of carbonyl (C=O) groups excluding carboxylic acids is 1. The summed E-state index contributed by atoms with van der Waals surface area (Å²) in [4.78, 5) is 26.8. The molecule has 2 amide bonds. The molecule has 0 aromatic carbocycles. The zero-order valence-corrected chi connectivity index (χ0v) is 29.3. The smallest absolute Gasteiger partial charge is 0.431 e. The van der Waals surface area contributed by atoms with Gasteiger partial charge in [-0.3, -0.25) is 5.32 Å². The van der Waals surface area contributed by atoms with Crippen molar-refractivity contribution in [3.8, 4) is 12.8 Å². The van der Waals surface area contributed by atoms with Crippen molar-refractivity contribution in [1.82, 2.24) is 15.7 Å². The van der Waals surface area contributed by atoms with E-state index in [1.165, 1.54) is 0 Å². The second-order valence-electron chi connectivity index (χ2n) is 9.91. The number of amides is 2. The number of carbonyl (C=O) groups is 1. The van der Waals surface area contributed by atoms with Crippen LogP contribution < -0.4 is 27.9 Å². The summed E-state index contributed by atoms with van der Waals surface area (Å²) in [5.41, 5.74) is 9.14. The number of hydrogen-bond donors (Lipinski definition) is 5. The summed E-state index contributed by atoms with van der Waals surface area (Å²) in [7, 11) is 1.54. The van der Waals surface area contributed by atoms with Crippen LogP contribution in [-0.4, -0.2) is 104 Å². The predicted octanol–water partition coefficient (Wildman–Crippen LogP) is 3.27. The van der Waals surface area contributed by atoms with Crippen molar-refractivity contribution < 1.29 is 37.3 Å². The Hall–Kier alpha value is -2.95. The zero-order chi connectivity index (χ0) is 35.8. The van der Waals surface area contributed by atoms with Gasteiger partial charge >= 0.3 is 12.2 Å². The number of morpholine rings is 1. The van der Waals surface area contributed by atoms with Crippen LogP contribution in [0.3, 0.4) is 0 Å². The van der Waals surface area contributed by atoms with Gasteiger partial charge in [0.25, 0.3) is 0 Å². The van der Waals surface area contributed by atoms with Crippen molar-refractivity contribution in [2.45, 2.75) is 58.9 Å². The summed E-state index contributed by atoms with van der Waals surface area (Å²) in [5.74, 6) is 7.04. The fourth-order valence-corrected chi connectivity index (χ4v) is 5.20. The Morgan fingerprint density at radius 2 is 1.89 bits per heavy atom. The third-order valence-corrected chi connectivity index (χ3v) is 8.21. The quantitative estimate of drug-likeness (QED) is 0.0220. The standard InChI is InChI=1S/C13H23F3N4OS2.C13H26N4O4.C2H2/c1-4-19-12(21)20-11(18)6-9(23(3)5-2)7-22-8-10(17)13(14,15)16;1-13(2,3)20-21-17-7-9-18-10-11(17)12(16-14)19-8-5-6-15-4;1-2/h6,8H,4-5,7,17-18H2,1-3H3,(H2,19,20,21);6,11H,5,7-10,14H2,1-4H3;1-2H/b10-8-,11-6+;15-6?,16-12-;. The molecule has 8 N–H and O–H groups in total. The molecule has 0 aromatic heterocycles. The average molecular weight is 701 g/mol. The lowest BCUT2D eigenvalue weighted by molar-refractivity contribution is -0.472. The Kier molecular flexibility index (Phi) is 24.7. The summed E-state index contributed by atoms with van der Waals surface area (Å²) in [6, 6.07) is -0.758. The topological polar surface area (TPSA) is 184 Å². The van der Waals surface area contributed by atoms with Crippen molar-refractivity contribution in [2.24, 2.45) is 27.4 Å². The maximum Gasteiger partial charge on any atom is 0.431 e. The molecule has 0 saturated carbocycles. The molecule has 1 heterocycles. The number of nitrogens with two attached hydrogens (primary N) is 3. The van der Waals surface area contributed by atoms with E-state index in [-0.39, 0.29) is 22.3 Å². The lowest BCUT2D eigenvalue weighted by Gasteiger charge is -2.34. The fraction of sp³-hybridized carbons (Fsp3) is 0.643. The number of hydrogen-bond acceptors (Lipinski definition) is 12. The molecule has 0 spiro atoms. The number of hydroxylamine groups is 2. The number of ether oxygens (including phenoxy) is 2. The Balaban J connectivity index is 0. The van der Waals surface area contributed by atoms with Gasteiger partial charge < -0.3 is 37.1 Å². The number of aliphatic imine (C=N–C) groups is 1. The molecule has 1 saturated heterocycles. The number of rotatable bonds is 13. The lowest BCUT2D eigenvalue weighted by atomic mass is 10.2. The molecule has 2 unspecified atom stereocenters. The molecule has 0 bridgehead atoms. The second kappa shape index (κ2) is 25.2. The fourth-order valence-electron chi connectivity index (χ4n) is 2.85. The van der Waals surface area contributed by atoms with E-state index in [9.17, 15) is 18.0 Å². The van der Waals surface area contributed by atoms with Crippen molar-refractivity contribution >= 4 is 45.3 Å². The van der Waals surface area contributed by atoms with Gasteiger partial charge in [0.05, 0.1) is 32.0 Å². The summed E-state index contributed by atoms with van der Waals surface area (Å²) >= 11 is 0.946. The number of allylic oxidation sites excluding steroid dienone is 2. The van der Waals surface area contributed by atoms with Crippen LogP contribution in [0.5, 0.6) is 0 Å². The van der Waals surface area contributed by atoms with Gasteiger partial charge in [0.2, 0.25) is 5.90 Å². The van der Waals surface area contributed by atoms with Gasteiger partial charge in [0.15, 0.2) is 0 Å². The van der Waals surface area contributed by atoms with Gasteiger partial charge in [0, 0.05) is 32.0 Å². The maximum atomic E-state index is 12.3. The van der Waals surface area contributed by atoms with E-state index in [1.54, 1.807) is 31.3 Å². The number of terminal acetylenes is 1. The van der Waals surface area contributed by atoms with Crippen LogP contribution in [0.2, 0.25) is 0 Å². The van der Waals surface area contributed by atoms with Gasteiger partial charge in [-0.2, -0.15) is 23.7 Å². The Morgan fingerprint density at radius 3 is 2.41 bits per heavy atom. The van der Waals surface area contributed by atoms with Crippen LogP contribution in [0.15, 0.2) is 33.1 Å². The van der Waals surface area contributed by atoms with E-state index in [0.29, 0.717) is 51.0 Å². The monoisotopic (exact) mass is 700 g/mol. The highest BCUT2D eigenvalue weighted by Gasteiger charge is 2.32. The van der Waals surface area contributed by atoms with E-state index < -0.39 is 23.5 Å². The van der Waals surface area contributed by atoms with Crippen molar-refractivity contribution in [3.05, 3.63) is 23.0 Å². The van der Waals surface area contributed by atoms with E-state index in [2.05, 4.69) is 33.6 Å². The number of hydrazone groups is 1. The number of nitrogens with zero attached hydrogens (tertiary/aromatic N) is 3. The first-order chi connectivity index (χ1) is 21.6. The minimum absolute atomic E-state index is 0.145.